The number of halogens is 2. The highest BCUT2D eigenvalue weighted by Gasteiger charge is 2.29. The number of benzene rings is 2. The van der Waals surface area contributed by atoms with E-state index in [0.717, 1.165) is 16.9 Å². The third-order valence-corrected chi connectivity index (χ3v) is 5.35. The number of aromatic nitrogens is 2. The number of oxime groups is 1. The van der Waals surface area contributed by atoms with Crippen molar-refractivity contribution in [2.75, 3.05) is 12.4 Å². The van der Waals surface area contributed by atoms with Crippen LogP contribution in [0.15, 0.2) is 60.0 Å². The van der Waals surface area contributed by atoms with E-state index in [9.17, 15) is 4.79 Å². The van der Waals surface area contributed by atoms with E-state index in [0.29, 0.717) is 34.4 Å². The van der Waals surface area contributed by atoms with E-state index in [1.165, 1.54) is 0 Å². The molecule has 0 saturated heterocycles. The Hall–Kier alpha value is -3.03. The highest BCUT2D eigenvalue weighted by Crippen LogP contribution is 2.23. The first-order valence-electron chi connectivity index (χ1n) is 9.16. The van der Waals surface area contributed by atoms with E-state index in [4.69, 9.17) is 32.8 Å². The molecule has 2 heterocycles. The predicted molar refractivity (Wildman–Crippen MR) is 115 cm³/mol. The molecule has 1 amide bonds. The molecule has 4 rings (SSSR count). The normalized spacial score (nSPS) is 15.4. The Labute approximate surface area is 183 Å². The molecule has 1 aliphatic heterocycles. The summed E-state index contributed by atoms with van der Waals surface area (Å²) in [4.78, 5) is 17.9. The third-order valence-electron chi connectivity index (χ3n) is 4.61. The number of nitrogens with one attached hydrogen (secondary N) is 1. The maximum absolute atomic E-state index is 12.5. The molecular weight excluding hydrogens is 427 g/mol. The van der Waals surface area contributed by atoms with Crippen LogP contribution in [0.5, 0.6) is 5.75 Å². The van der Waals surface area contributed by atoms with Gasteiger partial charge in [-0.25, -0.2) is 0 Å². The second kappa shape index (κ2) is 8.77. The van der Waals surface area contributed by atoms with Gasteiger partial charge < -0.3 is 14.9 Å². The maximum Gasteiger partial charge on any atom is 0.268 e. The molecule has 1 unspecified atom stereocenters. The van der Waals surface area contributed by atoms with E-state index in [1.807, 2.05) is 30.3 Å². The van der Waals surface area contributed by atoms with Gasteiger partial charge in [0.1, 0.15) is 5.75 Å². The van der Waals surface area contributed by atoms with Gasteiger partial charge in [0.25, 0.3) is 5.91 Å². The first kappa shape index (κ1) is 20.3. The Morgan fingerprint density at radius 3 is 2.77 bits per heavy atom. The summed E-state index contributed by atoms with van der Waals surface area (Å²) in [5.41, 5.74) is 3.12. The molecule has 9 heteroatoms. The van der Waals surface area contributed by atoms with Gasteiger partial charge >= 0.3 is 0 Å². The number of carbonyl (C=O) groups excluding carboxylic acids is 1. The number of hydrogen-bond acceptors (Lipinski definition) is 5. The molecule has 0 saturated carbocycles. The van der Waals surface area contributed by atoms with E-state index < -0.39 is 6.10 Å². The lowest BCUT2D eigenvalue weighted by molar-refractivity contribution is -0.125. The van der Waals surface area contributed by atoms with Crippen LogP contribution in [-0.4, -0.2) is 34.6 Å². The molecule has 7 nitrogen and oxygen atoms in total. The first-order valence-corrected chi connectivity index (χ1v) is 9.92. The van der Waals surface area contributed by atoms with Crippen molar-refractivity contribution in [3.8, 4) is 5.75 Å². The lowest BCUT2D eigenvalue weighted by Gasteiger charge is -2.08. The second-order valence-corrected chi connectivity index (χ2v) is 7.54. The summed E-state index contributed by atoms with van der Waals surface area (Å²) in [6, 6.07) is 12.8. The second-order valence-electron chi connectivity index (χ2n) is 6.73. The number of hydrogen-bond donors (Lipinski definition) is 1. The number of amides is 1. The number of rotatable bonds is 6. The van der Waals surface area contributed by atoms with Crippen molar-refractivity contribution in [2.24, 2.45) is 5.16 Å². The fourth-order valence-corrected chi connectivity index (χ4v) is 3.35. The fourth-order valence-electron chi connectivity index (χ4n) is 3.03. The number of carbonyl (C=O) groups is 1. The van der Waals surface area contributed by atoms with Crippen molar-refractivity contribution in [1.82, 2.24) is 9.78 Å². The maximum atomic E-state index is 12.5. The Kier molecular flexibility index (Phi) is 5.92. The summed E-state index contributed by atoms with van der Waals surface area (Å²) in [6.45, 7) is 0.497. The Morgan fingerprint density at radius 2 is 2.03 bits per heavy atom. The van der Waals surface area contributed by atoms with Gasteiger partial charge in [0.05, 0.1) is 41.3 Å². The average molecular weight is 445 g/mol. The number of nitrogens with zero attached hydrogens (tertiary/aromatic N) is 3. The summed E-state index contributed by atoms with van der Waals surface area (Å²) >= 11 is 12.0. The topological polar surface area (TPSA) is 77.7 Å². The fraction of sp³-hybridized carbons (Fsp3) is 0.190. The quantitative estimate of drug-likeness (QED) is 0.611. The zero-order valence-electron chi connectivity index (χ0n) is 16.0. The number of anilines is 1. The first-order chi connectivity index (χ1) is 14.5. The highest BCUT2D eigenvalue weighted by atomic mass is 35.5. The molecule has 1 atom stereocenters. The summed E-state index contributed by atoms with van der Waals surface area (Å²) in [6.07, 6.45) is 3.01. The van der Waals surface area contributed by atoms with Gasteiger partial charge in [-0.15, -0.1) is 0 Å². The molecule has 2 aromatic carbocycles. The van der Waals surface area contributed by atoms with Crippen molar-refractivity contribution in [1.29, 1.82) is 0 Å². The van der Waals surface area contributed by atoms with Gasteiger partial charge in [-0.2, -0.15) is 5.10 Å². The van der Waals surface area contributed by atoms with Crippen LogP contribution in [0.1, 0.15) is 17.5 Å². The van der Waals surface area contributed by atoms with Crippen LogP contribution in [-0.2, 0) is 16.2 Å². The molecule has 30 heavy (non-hydrogen) atoms. The van der Waals surface area contributed by atoms with Gasteiger partial charge in [-0.3, -0.25) is 9.48 Å². The lowest BCUT2D eigenvalue weighted by atomic mass is 10.0. The van der Waals surface area contributed by atoms with Crippen molar-refractivity contribution < 1.29 is 14.4 Å². The minimum absolute atomic E-state index is 0.281. The molecule has 0 aliphatic carbocycles. The summed E-state index contributed by atoms with van der Waals surface area (Å²) < 4.78 is 6.85. The SMILES string of the molecule is COc1ccc(C2=NOC(C(=O)Nc3cnn(Cc4ccc(Cl)c(Cl)c4)c3)C2)cc1. The van der Waals surface area contributed by atoms with E-state index >= 15 is 0 Å². The van der Waals surface area contributed by atoms with E-state index in [-0.39, 0.29) is 5.91 Å². The highest BCUT2D eigenvalue weighted by molar-refractivity contribution is 6.42. The van der Waals surface area contributed by atoms with Gasteiger partial charge in [-0.05, 0) is 47.5 Å². The molecule has 1 aliphatic rings. The van der Waals surface area contributed by atoms with Crippen molar-refractivity contribution >= 4 is 40.5 Å². The number of ether oxygens (including phenoxy) is 1. The van der Waals surface area contributed by atoms with Gasteiger partial charge in [0.15, 0.2) is 0 Å². The average Bonchev–Trinajstić information content (AvgIpc) is 3.41. The molecule has 1 N–H and O–H groups in total. The van der Waals surface area contributed by atoms with E-state index in [1.54, 1.807) is 36.3 Å². The van der Waals surface area contributed by atoms with Crippen LogP contribution in [0.2, 0.25) is 10.0 Å². The van der Waals surface area contributed by atoms with Crippen molar-refractivity contribution in [3.63, 3.8) is 0 Å². The molecule has 154 valence electrons. The predicted octanol–water partition coefficient (Wildman–Crippen LogP) is 4.38. The summed E-state index contributed by atoms with van der Waals surface area (Å²) in [7, 11) is 1.61. The summed E-state index contributed by atoms with van der Waals surface area (Å²) in [5, 5.41) is 12.1. The van der Waals surface area contributed by atoms with Crippen LogP contribution in [0.25, 0.3) is 0 Å². The Balaban J connectivity index is 1.34. The van der Waals surface area contributed by atoms with Gasteiger partial charge in [0.2, 0.25) is 6.10 Å². The molecule has 3 aromatic rings. The lowest BCUT2D eigenvalue weighted by Crippen LogP contribution is -2.27. The van der Waals surface area contributed by atoms with Crippen molar-refractivity contribution in [2.45, 2.75) is 19.1 Å². The van der Waals surface area contributed by atoms with Crippen LogP contribution in [0.4, 0.5) is 5.69 Å². The minimum Gasteiger partial charge on any atom is -0.497 e. The van der Waals surface area contributed by atoms with Crippen molar-refractivity contribution in [3.05, 3.63) is 76.0 Å². The van der Waals surface area contributed by atoms with E-state index in [2.05, 4.69) is 15.6 Å². The zero-order chi connectivity index (χ0) is 21.1. The van der Waals surface area contributed by atoms with Crippen LogP contribution in [0, 0.1) is 0 Å². The molecule has 0 radical (unpaired) electrons. The van der Waals surface area contributed by atoms with Gasteiger partial charge in [0, 0.05) is 12.6 Å². The minimum atomic E-state index is -0.694. The third kappa shape index (κ3) is 4.58. The molecule has 0 fully saturated rings. The molecule has 0 spiro atoms. The molecule has 1 aromatic heterocycles. The van der Waals surface area contributed by atoms with Crippen LogP contribution in [0.3, 0.4) is 0 Å². The Morgan fingerprint density at radius 1 is 1.23 bits per heavy atom. The molecular formula is C21H18Cl2N4O3. The standard InChI is InChI=1S/C21H18Cl2N4O3/c1-29-16-5-3-14(4-6-16)19-9-20(30-26-19)21(28)25-15-10-24-27(12-15)11-13-2-7-17(22)18(23)8-13/h2-8,10,12,20H,9,11H2,1H3,(H,25,28). The monoisotopic (exact) mass is 444 g/mol. The smallest absolute Gasteiger partial charge is 0.268 e. The molecule has 0 bridgehead atoms. The zero-order valence-corrected chi connectivity index (χ0v) is 17.5. The summed E-state index contributed by atoms with van der Waals surface area (Å²) in [5.74, 6) is 0.474. The van der Waals surface area contributed by atoms with Gasteiger partial charge in [-0.1, -0.05) is 34.4 Å². The Bertz CT molecular complexity index is 1100. The van der Waals surface area contributed by atoms with Crippen LogP contribution < -0.4 is 10.1 Å². The largest absolute Gasteiger partial charge is 0.497 e. The van der Waals surface area contributed by atoms with Crippen LogP contribution >= 0.6 is 23.2 Å². The number of methoxy groups -OCH3 is 1.